The molecule has 0 radical (unpaired) electrons. The van der Waals surface area contributed by atoms with Crippen molar-refractivity contribution in [2.24, 2.45) is 5.92 Å². The van der Waals surface area contributed by atoms with Crippen LogP contribution in [0.4, 0.5) is 4.39 Å². The summed E-state index contributed by atoms with van der Waals surface area (Å²) in [5, 5.41) is 5.84. The van der Waals surface area contributed by atoms with Crippen molar-refractivity contribution < 1.29 is 18.7 Å². The zero-order chi connectivity index (χ0) is 16.9. The van der Waals surface area contributed by atoms with Gasteiger partial charge in [0.25, 0.3) is 0 Å². The van der Waals surface area contributed by atoms with Crippen molar-refractivity contribution in [3.05, 3.63) is 0 Å². The lowest BCUT2D eigenvalue weighted by molar-refractivity contribution is -0.138. The van der Waals surface area contributed by atoms with Crippen LogP contribution in [-0.2, 0) is 14.3 Å². The fourth-order valence-corrected chi connectivity index (χ4v) is 4.18. The van der Waals surface area contributed by atoms with Crippen LogP contribution in [0, 0.1) is 5.92 Å². The van der Waals surface area contributed by atoms with Crippen LogP contribution in [0.3, 0.4) is 0 Å². The highest BCUT2D eigenvalue weighted by Gasteiger charge is 2.35. The number of hydrogen-bond donors (Lipinski definition) is 2. The van der Waals surface area contributed by atoms with E-state index in [9.17, 15) is 14.0 Å². The molecule has 0 aromatic heterocycles. The van der Waals surface area contributed by atoms with Gasteiger partial charge in [-0.15, -0.1) is 0 Å². The Morgan fingerprint density at radius 1 is 1.08 bits per heavy atom. The molecule has 2 aliphatic carbocycles. The van der Waals surface area contributed by atoms with Crippen LogP contribution in [0.5, 0.6) is 0 Å². The highest BCUT2D eigenvalue weighted by atomic mass is 19.1. The van der Waals surface area contributed by atoms with Gasteiger partial charge >= 0.3 is 0 Å². The van der Waals surface area contributed by atoms with E-state index in [0.717, 1.165) is 44.9 Å². The molecule has 0 aromatic rings. The summed E-state index contributed by atoms with van der Waals surface area (Å²) in [7, 11) is 0. The van der Waals surface area contributed by atoms with Crippen molar-refractivity contribution in [2.45, 2.75) is 88.6 Å². The molecule has 3 fully saturated rings. The molecule has 3 aliphatic rings. The Balaban J connectivity index is 1.53. The van der Waals surface area contributed by atoms with Crippen LogP contribution < -0.4 is 10.6 Å². The van der Waals surface area contributed by atoms with E-state index in [1.165, 1.54) is 0 Å². The average molecular weight is 340 g/mol. The molecule has 6 heteroatoms. The lowest BCUT2D eigenvalue weighted by atomic mass is 9.84. The summed E-state index contributed by atoms with van der Waals surface area (Å²) in [6.07, 6.45) is 7.04. The highest BCUT2D eigenvalue weighted by Crippen LogP contribution is 2.32. The van der Waals surface area contributed by atoms with E-state index in [4.69, 9.17) is 4.74 Å². The van der Waals surface area contributed by atoms with Crippen molar-refractivity contribution >= 4 is 11.8 Å². The minimum absolute atomic E-state index is 0.00553. The van der Waals surface area contributed by atoms with Gasteiger partial charge < -0.3 is 15.4 Å². The summed E-state index contributed by atoms with van der Waals surface area (Å²) in [6, 6.07) is -0.0594. The topological polar surface area (TPSA) is 67.4 Å². The quantitative estimate of drug-likeness (QED) is 0.825. The third kappa shape index (κ3) is 4.68. The van der Waals surface area contributed by atoms with Gasteiger partial charge in [-0.2, -0.15) is 0 Å². The predicted octanol–water partition coefficient (Wildman–Crippen LogP) is 2.24. The Morgan fingerprint density at radius 3 is 2.58 bits per heavy atom. The summed E-state index contributed by atoms with van der Waals surface area (Å²) in [6.45, 7) is 0.626. The molecule has 0 aromatic carbocycles. The molecule has 1 saturated heterocycles. The van der Waals surface area contributed by atoms with Crippen LogP contribution in [0.2, 0.25) is 0 Å². The number of halogens is 1. The van der Waals surface area contributed by atoms with Gasteiger partial charge in [0.05, 0.1) is 18.1 Å². The molecule has 5 nitrogen and oxygen atoms in total. The summed E-state index contributed by atoms with van der Waals surface area (Å²) in [4.78, 5) is 24.2. The zero-order valence-corrected chi connectivity index (χ0v) is 14.3. The van der Waals surface area contributed by atoms with Crippen LogP contribution in [0.25, 0.3) is 0 Å². The van der Waals surface area contributed by atoms with E-state index in [1.54, 1.807) is 0 Å². The molecule has 24 heavy (non-hydrogen) atoms. The van der Waals surface area contributed by atoms with Gasteiger partial charge in [0.2, 0.25) is 11.8 Å². The van der Waals surface area contributed by atoms with Crippen molar-refractivity contribution in [1.82, 2.24) is 10.6 Å². The highest BCUT2D eigenvalue weighted by molar-refractivity contribution is 5.82. The van der Waals surface area contributed by atoms with Gasteiger partial charge in [0, 0.05) is 19.0 Å². The molecule has 3 atom stereocenters. The van der Waals surface area contributed by atoms with E-state index in [-0.39, 0.29) is 36.0 Å². The smallest absolute Gasteiger partial charge is 0.225 e. The van der Waals surface area contributed by atoms with Crippen molar-refractivity contribution in [1.29, 1.82) is 0 Å². The van der Waals surface area contributed by atoms with Crippen LogP contribution >= 0.6 is 0 Å². The fourth-order valence-electron chi connectivity index (χ4n) is 4.18. The minimum Gasteiger partial charge on any atom is -0.374 e. The van der Waals surface area contributed by atoms with Crippen molar-refractivity contribution in [3.63, 3.8) is 0 Å². The lowest BCUT2D eigenvalue weighted by Gasteiger charge is -2.36. The summed E-state index contributed by atoms with van der Waals surface area (Å²) in [5.74, 6) is -0.101. The molecule has 0 bridgehead atoms. The van der Waals surface area contributed by atoms with E-state index >= 15 is 0 Å². The number of amides is 2. The van der Waals surface area contributed by atoms with E-state index in [0.29, 0.717) is 25.8 Å². The second-order valence-electron chi connectivity index (χ2n) is 7.49. The second-order valence-corrected chi connectivity index (χ2v) is 7.49. The number of piperidine rings is 1. The standard InChI is InChI=1S/C18H29FN2O3/c19-12-5-7-14(8-6-12)24-16-4-2-1-3-15(16)18(23)21-13-9-10-20-17(22)11-13/h12-16H,1-11H2,(H,20,22)(H,21,23). The molecule has 2 saturated carbocycles. The Kier molecular flexibility index (Phi) is 6.09. The first kappa shape index (κ1) is 17.6. The minimum atomic E-state index is -0.687. The average Bonchev–Trinajstić information content (AvgIpc) is 2.57. The number of carbonyl (C=O) groups is 2. The SMILES string of the molecule is O=C1CC(NC(=O)C2CCCCC2OC2CCC(F)CC2)CCN1. The van der Waals surface area contributed by atoms with Gasteiger partial charge in [-0.05, 0) is 44.9 Å². The number of alkyl halides is 1. The Labute approximate surface area is 143 Å². The third-order valence-corrected chi connectivity index (χ3v) is 5.60. The Bertz CT molecular complexity index is 452. The summed E-state index contributed by atoms with van der Waals surface area (Å²) >= 11 is 0. The zero-order valence-electron chi connectivity index (χ0n) is 14.3. The monoisotopic (exact) mass is 340 g/mol. The molecule has 3 unspecified atom stereocenters. The van der Waals surface area contributed by atoms with Gasteiger partial charge in [-0.3, -0.25) is 9.59 Å². The largest absolute Gasteiger partial charge is 0.374 e. The van der Waals surface area contributed by atoms with Gasteiger partial charge in [-0.1, -0.05) is 12.8 Å². The first-order valence-electron chi connectivity index (χ1n) is 9.48. The molecule has 1 aliphatic heterocycles. The fraction of sp³-hybridized carbons (Fsp3) is 0.889. The van der Waals surface area contributed by atoms with Gasteiger partial charge in [0.15, 0.2) is 0 Å². The normalized spacial score (nSPS) is 37.5. The molecule has 2 N–H and O–H groups in total. The lowest BCUT2D eigenvalue weighted by Crippen LogP contribution is -2.50. The van der Waals surface area contributed by atoms with E-state index in [1.807, 2.05) is 0 Å². The molecule has 0 spiro atoms. The Hall–Kier alpha value is -1.17. The van der Waals surface area contributed by atoms with E-state index < -0.39 is 6.17 Å². The second kappa shape index (κ2) is 8.28. The maximum Gasteiger partial charge on any atom is 0.225 e. The maximum atomic E-state index is 13.3. The first-order valence-corrected chi connectivity index (χ1v) is 9.48. The molecular weight excluding hydrogens is 311 g/mol. The summed E-state index contributed by atoms with van der Waals surface area (Å²) < 4.78 is 19.5. The molecular formula is C18H29FN2O3. The molecule has 1 heterocycles. The van der Waals surface area contributed by atoms with Crippen LogP contribution in [0.1, 0.15) is 64.2 Å². The van der Waals surface area contributed by atoms with Gasteiger partial charge in [0.1, 0.15) is 6.17 Å². The Morgan fingerprint density at radius 2 is 1.83 bits per heavy atom. The van der Waals surface area contributed by atoms with Crippen molar-refractivity contribution in [2.75, 3.05) is 6.54 Å². The molecule has 2 amide bonds. The summed E-state index contributed by atoms with van der Waals surface area (Å²) in [5.41, 5.74) is 0. The predicted molar refractivity (Wildman–Crippen MR) is 88.2 cm³/mol. The number of hydrogen-bond acceptors (Lipinski definition) is 3. The number of ether oxygens (including phenoxy) is 1. The van der Waals surface area contributed by atoms with Crippen molar-refractivity contribution in [3.8, 4) is 0 Å². The maximum absolute atomic E-state index is 13.3. The van der Waals surface area contributed by atoms with E-state index in [2.05, 4.69) is 10.6 Å². The van der Waals surface area contributed by atoms with Crippen LogP contribution in [0.15, 0.2) is 0 Å². The third-order valence-electron chi connectivity index (χ3n) is 5.60. The molecule has 3 rings (SSSR count). The number of carbonyl (C=O) groups excluding carboxylic acids is 2. The first-order chi connectivity index (χ1) is 11.6. The van der Waals surface area contributed by atoms with Crippen LogP contribution in [-0.4, -0.2) is 42.8 Å². The van der Waals surface area contributed by atoms with Gasteiger partial charge in [-0.25, -0.2) is 4.39 Å². The number of nitrogens with one attached hydrogen (secondary N) is 2. The number of rotatable bonds is 4. The molecule has 136 valence electrons.